The van der Waals surface area contributed by atoms with Crippen molar-refractivity contribution in [2.24, 2.45) is 4.99 Å². The van der Waals surface area contributed by atoms with Gasteiger partial charge in [0.05, 0.1) is 5.00 Å². The van der Waals surface area contributed by atoms with Gasteiger partial charge in [-0.1, -0.05) is 0 Å². The maximum atomic E-state index is 11.6. The molecule has 2 heterocycles. The monoisotopic (exact) mass is 351 g/mol. The van der Waals surface area contributed by atoms with Crippen molar-refractivity contribution in [1.82, 2.24) is 16.0 Å². The number of rotatable bonds is 6. The van der Waals surface area contributed by atoms with E-state index in [1.54, 1.807) is 18.4 Å². The zero-order chi connectivity index (χ0) is 17.4. The van der Waals surface area contributed by atoms with Crippen molar-refractivity contribution in [2.75, 3.05) is 31.6 Å². The van der Waals surface area contributed by atoms with Crippen LogP contribution in [0.15, 0.2) is 22.5 Å². The zero-order valence-electron chi connectivity index (χ0n) is 14.8. The van der Waals surface area contributed by atoms with Crippen molar-refractivity contribution < 1.29 is 4.79 Å². The standard InChI is InChI=1S/C17H29N5OS/c1-13(2)20-15(23)6-9-19-17(18-3)21-14-7-10-22(11-8-14)16-5-4-12-24-16/h4-5,12-14H,6-11H2,1-3H3,(H,20,23)(H2,18,19,21). The number of carbonyl (C=O) groups is 1. The van der Waals surface area contributed by atoms with Crippen molar-refractivity contribution in [3.8, 4) is 0 Å². The summed E-state index contributed by atoms with van der Waals surface area (Å²) in [6.07, 6.45) is 2.63. The maximum absolute atomic E-state index is 11.6. The lowest BCUT2D eigenvalue weighted by atomic mass is 10.1. The van der Waals surface area contributed by atoms with E-state index in [0.29, 0.717) is 19.0 Å². The first-order valence-corrected chi connectivity index (χ1v) is 9.51. The lowest BCUT2D eigenvalue weighted by Crippen LogP contribution is -2.49. The van der Waals surface area contributed by atoms with Gasteiger partial charge in [0, 0.05) is 45.2 Å². The molecule has 1 aromatic heterocycles. The fourth-order valence-electron chi connectivity index (χ4n) is 2.77. The summed E-state index contributed by atoms with van der Waals surface area (Å²) in [6.45, 7) is 6.65. The third-order valence-electron chi connectivity index (χ3n) is 3.97. The molecule has 24 heavy (non-hydrogen) atoms. The molecule has 1 aromatic rings. The summed E-state index contributed by atoms with van der Waals surface area (Å²) in [5.74, 6) is 0.846. The van der Waals surface area contributed by atoms with Crippen molar-refractivity contribution in [3.05, 3.63) is 17.5 Å². The molecule has 6 nitrogen and oxygen atoms in total. The number of amides is 1. The first-order valence-electron chi connectivity index (χ1n) is 8.63. The van der Waals surface area contributed by atoms with Gasteiger partial charge in [-0.2, -0.15) is 0 Å². The number of hydrogen-bond acceptors (Lipinski definition) is 4. The summed E-state index contributed by atoms with van der Waals surface area (Å²) >= 11 is 1.80. The van der Waals surface area contributed by atoms with E-state index in [2.05, 4.69) is 43.4 Å². The van der Waals surface area contributed by atoms with Crippen LogP contribution >= 0.6 is 11.3 Å². The summed E-state index contributed by atoms with van der Waals surface area (Å²) in [6, 6.07) is 4.90. The number of aliphatic imine (C=N–C) groups is 1. The van der Waals surface area contributed by atoms with Crippen LogP contribution in [0.2, 0.25) is 0 Å². The Hall–Kier alpha value is -1.76. The van der Waals surface area contributed by atoms with Crippen LogP contribution in [0.1, 0.15) is 33.1 Å². The largest absolute Gasteiger partial charge is 0.363 e. The molecule has 0 bridgehead atoms. The summed E-state index contributed by atoms with van der Waals surface area (Å²) in [5, 5.41) is 13.1. The Morgan fingerprint density at radius 2 is 2.17 bits per heavy atom. The first kappa shape index (κ1) is 18.6. The smallest absolute Gasteiger partial charge is 0.221 e. The summed E-state index contributed by atoms with van der Waals surface area (Å²) < 4.78 is 0. The normalized spacial score (nSPS) is 16.3. The average molecular weight is 352 g/mol. The Balaban J connectivity index is 1.67. The van der Waals surface area contributed by atoms with E-state index in [4.69, 9.17) is 0 Å². The zero-order valence-corrected chi connectivity index (χ0v) is 15.7. The summed E-state index contributed by atoms with van der Waals surface area (Å²) in [7, 11) is 1.77. The van der Waals surface area contributed by atoms with Gasteiger partial charge >= 0.3 is 0 Å². The number of guanidine groups is 1. The first-order chi connectivity index (χ1) is 11.6. The molecule has 0 radical (unpaired) electrons. The number of hydrogen-bond donors (Lipinski definition) is 3. The molecule has 0 unspecified atom stereocenters. The summed E-state index contributed by atoms with van der Waals surface area (Å²) in [5.41, 5.74) is 0. The molecule has 1 aliphatic heterocycles. The highest BCUT2D eigenvalue weighted by molar-refractivity contribution is 7.14. The molecule has 0 aliphatic carbocycles. The molecule has 0 spiro atoms. The Kier molecular flexibility index (Phi) is 7.36. The molecule has 1 aliphatic rings. The van der Waals surface area contributed by atoms with E-state index in [1.807, 2.05) is 13.8 Å². The van der Waals surface area contributed by atoms with Gasteiger partial charge in [-0.05, 0) is 44.2 Å². The molecule has 134 valence electrons. The number of nitrogens with zero attached hydrogens (tertiary/aromatic N) is 2. The lowest BCUT2D eigenvalue weighted by molar-refractivity contribution is -0.121. The van der Waals surface area contributed by atoms with Crippen LogP contribution in [-0.2, 0) is 4.79 Å². The molecular formula is C17H29N5OS. The van der Waals surface area contributed by atoms with Crippen LogP contribution in [-0.4, -0.2) is 50.6 Å². The molecular weight excluding hydrogens is 322 g/mol. The van der Waals surface area contributed by atoms with Crippen LogP contribution in [0, 0.1) is 0 Å². The van der Waals surface area contributed by atoms with Gasteiger partial charge in [0.1, 0.15) is 0 Å². The number of thiophene rings is 1. The second-order valence-corrected chi connectivity index (χ2v) is 7.25. The second-order valence-electron chi connectivity index (χ2n) is 6.33. The van der Waals surface area contributed by atoms with Gasteiger partial charge < -0.3 is 20.9 Å². The Morgan fingerprint density at radius 3 is 2.75 bits per heavy atom. The van der Waals surface area contributed by atoms with Crippen LogP contribution in [0.4, 0.5) is 5.00 Å². The highest BCUT2D eigenvalue weighted by Crippen LogP contribution is 2.24. The van der Waals surface area contributed by atoms with E-state index in [-0.39, 0.29) is 11.9 Å². The minimum Gasteiger partial charge on any atom is -0.363 e. The highest BCUT2D eigenvalue weighted by atomic mass is 32.1. The van der Waals surface area contributed by atoms with Crippen molar-refractivity contribution in [2.45, 2.75) is 45.2 Å². The van der Waals surface area contributed by atoms with Crippen LogP contribution < -0.4 is 20.9 Å². The third kappa shape index (κ3) is 6.03. The van der Waals surface area contributed by atoms with E-state index in [1.165, 1.54) is 5.00 Å². The Labute approximate surface area is 148 Å². The van der Waals surface area contributed by atoms with Gasteiger partial charge in [0.2, 0.25) is 5.91 Å². The molecule has 0 saturated carbocycles. The molecule has 0 aromatic carbocycles. The molecule has 1 fully saturated rings. The van der Waals surface area contributed by atoms with Crippen molar-refractivity contribution in [1.29, 1.82) is 0 Å². The van der Waals surface area contributed by atoms with E-state index in [0.717, 1.165) is 31.9 Å². The number of nitrogens with one attached hydrogen (secondary N) is 3. The Morgan fingerprint density at radius 1 is 1.42 bits per heavy atom. The molecule has 3 N–H and O–H groups in total. The SMILES string of the molecule is CN=C(NCCC(=O)NC(C)C)NC1CCN(c2cccs2)CC1. The van der Waals surface area contributed by atoms with Crippen molar-refractivity contribution in [3.63, 3.8) is 0 Å². The second kappa shape index (κ2) is 9.52. The molecule has 1 saturated heterocycles. The van der Waals surface area contributed by atoms with Gasteiger partial charge in [-0.3, -0.25) is 9.79 Å². The topological polar surface area (TPSA) is 68.8 Å². The van der Waals surface area contributed by atoms with E-state index in [9.17, 15) is 4.79 Å². The lowest BCUT2D eigenvalue weighted by Gasteiger charge is -2.33. The number of anilines is 1. The fraction of sp³-hybridized carbons (Fsp3) is 0.647. The maximum Gasteiger partial charge on any atom is 0.221 e. The predicted molar refractivity (Wildman–Crippen MR) is 102 cm³/mol. The molecule has 7 heteroatoms. The quantitative estimate of drug-likeness (QED) is 0.540. The third-order valence-corrected chi connectivity index (χ3v) is 4.90. The van der Waals surface area contributed by atoms with Crippen LogP contribution in [0.5, 0.6) is 0 Å². The highest BCUT2D eigenvalue weighted by Gasteiger charge is 2.20. The van der Waals surface area contributed by atoms with Gasteiger partial charge in [-0.15, -0.1) is 11.3 Å². The summed E-state index contributed by atoms with van der Waals surface area (Å²) in [4.78, 5) is 18.3. The molecule has 2 rings (SSSR count). The Bertz CT molecular complexity index is 521. The van der Waals surface area contributed by atoms with Crippen LogP contribution in [0.3, 0.4) is 0 Å². The van der Waals surface area contributed by atoms with Gasteiger partial charge in [0.25, 0.3) is 0 Å². The van der Waals surface area contributed by atoms with Gasteiger partial charge in [-0.25, -0.2) is 0 Å². The number of piperidine rings is 1. The van der Waals surface area contributed by atoms with Gasteiger partial charge in [0.15, 0.2) is 5.96 Å². The minimum absolute atomic E-state index is 0.0669. The fourth-order valence-corrected chi connectivity index (χ4v) is 3.56. The predicted octanol–water partition coefficient (Wildman–Crippen LogP) is 1.80. The van der Waals surface area contributed by atoms with E-state index < -0.39 is 0 Å². The number of carbonyl (C=O) groups excluding carboxylic acids is 1. The minimum atomic E-state index is 0.0669. The average Bonchev–Trinajstić information content (AvgIpc) is 3.08. The van der Waals surface area contributed by atoms with Crippen molar-refractivity contribution >= 4 is 28.2 Å². The van der Waals surface area contributed by atoms with E-state index >= 15 is 0 Å². The van der Waals surface area contributed by atoms with Crippen LogP contribution in [0.25, 0.3) is 0 Å². The molecule has 1 amide bonds. The molecule has 0 atom stereocenters.